The minimum Gasteiger partial charge on any atom is -0.507 e. The largest absolute Gasteiger partial charge is 0.507 e. The lowest BCUT2D eigenvalue weighted by molar-refractivity contribution is -0.742. The number of aromatic amines is 2. The van der Waals surface area contributed by atoms with E-state index in [2.05, 4.69) is 9.97 Å². The fraction of sp³-hybridized carbons (Fsp3) is 0.100. The molecule has 4 aromatic rings. The minimum atomic E-state index is -1.50. The summed E-state index contributed by atoms with van der Waals surface area (Å²) in [6.45, 7) is 3.75. The van der Waals surface area contributed by atoms with Crippen molar-refractivity contribution in [3.8, 4) is 11.5 Å². The first kappa shape index (κ1) is 24.3. The molecule has 33 heavy (non-hydrogen) atoms. The van der Waals surface area contributed by atoms with Crippen LogP contribution in [0.1, 0.15) is 11.1 Å². The summed E-state index contributed by atoms with van der Waals surface area (Å²) in [5, 5.41) is 44.2. The predicted molar refractivity (Wildman–Crippen MR) is 117 cm³/mol. The molecule has 13 heteroatoms. The number of benzene rings is 2. The van der Waals surface area contributed by atoms with Crippen LogP contribution in [-0.2, 0) is 0 Å². The number of aromatic hydroxyl groups is 2. The van der Waals surface area contributed by atoms with Gasteiger partial charge in [-0.2, -0.15) is 0 Å². The third kappa shape index (κ3) is 6.04. The second-order valence-corrected chi connectivity index (χ2v) is 6.76. The van der Waals surface area contributed by atoms with Crippen LogP contribution < -0.4 is 11.1 Å². The molecule has 172 valence electrons. The van der Waals surface area contributed by atoms with Crippen LogP contribution in [0.3, 0.4) is 0 Å². The third-order valence-electron chi connectivity index (χ3n) is 4.28. The van der Waals surface area contributed by atoms with Crippen molar-refractivity contribution in [3.63, 3.8) is 0 Å². The molecule has 0 saturated heterocycles. The van der Waals surface area contributed by atoms with Crippen molar-refractivity contribution >= 4 is 27.5 Å². The summed E-state index contributed by atoms with van der Waals surface area (Å²) in [5.41, 5.74) is 0.982. The molecule has 0 radical (unpaired) electrons. The Bertz CT molecular complexity index is 1470. The first-order valence-electron chi connectivity index (χ1n) is 9.06. The Kier molecular flexibility index (Phi) is 7.31. The molecular weight excluding hydrogens is 440 g/mol. The summed E-state index contributed by atoms with van der Waals surface area (Å²) >= 11 is 0. The molecule has 0 aliphatic heterocycles. The van der Waals surface area contributed by atoms with Crippen LogP contribution in [0.5, 0.6) is 11.5 Å². The molecule has 2 heterocycles. The number of aromatic nitrogens is 2. The lowest BCUT2D eigenvalue weighted by atomic mass is 10.1. The summed E-state index contributed by atoms with van der Waals surface area (Å²) in [7, 11) is 0. The maximum Gasteiger partial charge on any atom is 0.375 e. The summed E-state index contributed by atoms with van der Waals surface area (Å²) in [5.74, 6) is -0.567. The zero-order valence-electron chi connectivity index (χ0n) is 17.2. The van der Waals surface area contributed by atoms with Crippen molar-refractivity contribution in [1.29, 1.82) is 0 Å². The van der Waals surface area contributed by atoms with Crippen molar-refractivity contribution < 1.29 is 25.4 Å². The molecule has 0 bridgehead atoms. The monoisotopic (exact) mass is 458 g/mol. The van der Waals surface area contributed by atoms with Gasteiger partial charge in [-0.15, -0.1) is 10.1 Å². The molecule has 0 saturated carbocycles. The molecule has 0 unspecified atom stereocenters. The molecule has 4 rings (SSSR count). The summed E-state index contributed by atoms with van der Waals surface area (Å²) < 4.78 is 0. The van der Waals surface area contributed by atoms with Gasteiger partial charge >= 0.3 is 11.2 Å². The maximum atomic E-state index is 11.3. The van der Waals surface area contributed by atoms with E-state index in [0.717, 1.165) is 11.1 Å². The van der Waals surface area contributed by atoms with Gasteiger partial charge in [0.1, 0.15) is 5.75 Å². The molecule has 13 nitrogen and oxygen atoms in total. The van der Waals surface area contributed by atoms with Crippen molar-refractivity contribution in [3.05, 3.63) is 94.5 Å². The van der Waals surface area contributed by atoms with Crippen LogP contribution in [0.4, 0.5) is 5.69 Å². The van der Waals surface area contributed by atoms with Gasteiger partial charge in [0, 0.05) is 16.8 Å². The Morgan fingerprint density at radius 3 is 1.82 bits per heavy atom. The average Bonchev–Trinajstić information content (AvgIpc) is 2.66. The topological polar surface area (TPSA) is 213 Å². The van der Waals surface area contributed by atoms with E-state index < -0.39 is 27.0 Å². The van der Waals surface area contributed by atoms with E-state index in [-0.39, 0.29) is 16.7 Å². The number of fused-ring (bicyclic) bond motifs is 2. The quantitative estimate of drug-likeness (QED) is 0.209. The number of hydrogen-bond donors (Lipinski definition) is 5. The summed E-state index contributed by atoms with van der Waals surface area (Å²) in [6.07, 6.45) is 0. The van der Waals surface area contributed by atoms with Crippen molar-refractivity contribution in [1.82, 2.24) is 9.97 Å². The highest BCUT2D eigenvalue weighted by Gasteiger charge is 2.21. The van der Waals surface area contributed by atoms with Crippen LogP contribution in [-0.4, -0.2) is 35.4 Å². The normalized spacial score (nSPS) is 10.0. The maximum absolute atomic E-state index is 11.3. The standard InChI is InChI=1S/C10H8N2O4.C10H9NO2.HNO3/c1-5-2-3-6-7(4-5)11-10(14)8(9(6)13)12(15)16;1-6-2-3-7-8(4-6)11-10(13)5-9(7)12;2-1(3)4/h2-4H,1H3,(H2,11,13,14);2-5H,1H3,(H2,11,12,13);(H,2,3,4). The van der Waals surface area contributed by atoms with Gasteiger partial charge in [-0.25, -0.2) is 0 Å². The smallest absolute Gasteiger partial charge is 0.375 e. The molecular formula is C20H18N4O9. The fourth-order valence-electron chi connectivity index (χ4n) is 2.91. The van der Waals surface area contributed by atoms with Gasteiger partial charge < -0.3 is 25.4 Å². The van der Waals surface area contributed by atoms with Crippen LogP contribution in [0.15, 0.2) is 52.1 Å². The SMILES string of the molecule is Cc1ccc2c(O)c([N+](=O)[O-])c(=O)[nH]c2c1.Cc1ccc2c(O)cc(=O)[nH]c2c1.O=[N+]([O-])O. The second kappa shape index (κ2) is 9.91. The number of nitrogens with zero attached hydrogens (tertiary/aromatic N) is 2. The highest BCUT2D eigenvalue weighted by Crippen LogP contribution is 2.29. The Labute approximate surface area is 183 Å². The van der Waals surface area contributed by atoms with Gasteiger partial charge in [0.2, 0.25) is 5.75 Å². The molecule has 0 aliphatic carbocycles. The Hall–Kier alpha value is -4.94. The molecule has 0 atom stereocenters. The zero-order valence-corrected chi connectivity index (χ0v) is 17.2. The summed E-state index contributed by atoms with van der Waals surface area (Å²) in [4.78, 5) is 45.4. The Morgan fingerprint density at radius 1 is 0.818 bits per heavy atom. The number of nitrogens with one attached hydrogen (secondary N) is 2. The van der Waals surface area contributed by atoms with Crippen LogP contribution in [0.25, 0.3) is 21.8 Å². The van der Waals surface area contributed by atoms with Gasteiger partial charge in [0.15, 0.2) is 0 Å². The van der Waals surface area contributed by atoms with Gasteiger partial charge in [-0.3, -0.25) is 19.7 Å². The van der Waals surface area contributed by atoms with Gasteiger partial charge in [-0.1, -0.05) is 12.1 Å². The third-order valence-corrected chi connectivity index (χ3v) is 4.28. The van der Waals surface area contributed by atoms with E-state index in [1.165, 1.54) is 12.1 Å². The molecule has 5 N–H and O–H groups in total. The van der Waals surface area contributed by atoms with E-state index >= 15 is 0 Å². The van der Waals surface area contributed by atoms with Crippen LogP contribution in [0, 0.1) is 34.1 Å². The number of rotatable bonds is 1. The Morgan fingerprint density at radius 2 is 1.30 bits per heavy atom. The second-order valence-electron chi connectivity index (χ2n) is 6.76. The van der Waals surface area contributed by atoms with Crippen molar-refractivity contribution in [2.75, 3.05) is 0 Å². The van der Waals surface area contributed by atoms with Crippen molar-refractivity contribution in [2.24, 2.45) is 0 Å². The first-order chi connectivity index (χ1) is 15.4. The van der Waals surface area contributed by atoms with Crippen molar-refractivity contribution in [2.45, 2.75) is 13.8 Å². The molecule has 0 fully saturated rings. The Balaban J connectivity index is 0.000000204. The molecule has 2 aromatic heterocycles. The highest BCUT2D eigenvalue weighted by molar-refractivity contribution is 5.88. The number of pyridine rings is 2. The number of aryl methyl sites for hydroxylation is 2. The van der Waals surface area contributed by atoms with E-state index in [0.29, 0.717) is 16.4 Å². The highest BCUT2D eigenvalue weighted by atomic mass is 16.9. The number of nitro groups is 1. The van der Waals surface area contributed by atoms with Gasteiger partial charge in [0.25, 0.3) is 10.6 Å². The average molecular weight is 458 g/mol. The van der Waals surface area contributed by atoms with Gasteiger partial charge in [0.05, 0.1) is 16.0 Å². The first-order valence-corrected chi connectivity index (χ1v) is 9.06. The number of hydrogen-bond acceptors (Lipinski definition) is 8. The number of H-pyrrole nitrogens is 2. The zero-order chi connectivity index (χ0) is 24.9. The van der Waals surface area contributed by atoms with E-state index in [1.54, 1.807) is 18.2 Å². The van der Waals surface area contributed by atoms with Crippen LogP contribution in [0.2, 0.25) is 0 Å². The lowest BCUT2D eigenvalue weighted by Gasteiger charge is -2.02. The van der Waals surface area contributed by atoms with E-state index in [4.69, 9.17) is 15.3 Å². The molecule has 0 aliphatic rings. The van der Waals surface area contributed by atoms with E-state index in [9.17, 15) is 29.9 Å². The van der Waals surface area contributed by atoms with Gasteiger partial charge in [-0.05, 0) is 49.2 Å². The minimum absolute atomic E-state index is 0.0266. The molecule has 2 aromatic carbocycles. The predicted octanol–water partition coefficient (Wildman–Crippen LogP) is 2.64. The molecule has 0 spiro atoms. The lowest BCUT2D eigenvalue weighted by Crippen LogP contribution is -2.11. The summed E-state index contributed by atoms with van der Waals surface area (Å²) in [6, 6.07) is 11.6. The van der Waals surface area contributed by atoms with E-state index in [1.807, 2.05) is 26.0 Å². The fourth-order valence-corrected chi connectivity index (χ4v) is 2.91. The van der Waals surface area contributed by atoms with Crippen LogP contribution >= 0.6 is 0 Å². The molecule has 0 amide bonds.